The van der Waals surface area contributed by atoms with Gasteiger partial charge in [-0.15, -0.1) is 0 Å². The number of hydrogen-bond acceptors (Lipinski definition) is 5. The van der Waals surface area contributed by atoms with Crippen molar-refractivity contribution in [2.24, 2.45) is 0 Å². The van der Waals surface area contributed by atoms with Gasteiger partial charge in [0.25, 0.3) is 5.91 Å². The number of nitrogens with one attached hydrogen (secondary N) is 1. The number of hydrogen-bond donors (Lipinski definition) is 1. The highest BCUT2D eigenvalue weighted by molar-refractivity contribution is 5.97. The summed E-state index contributed by atoms with van der Waals surface area (Å²) in [5.74, 6) is 0.198. The molecule has 1 fully saturated rings. The maximum absolute atomic E-state index is 13.4. The van der Waals surface area contributed by atoms with E-state index in [1.807, 2.05) is 4.90 Å². The summed E-state index contributed by atoms with van der Waals surface area (Å²) < 4.78 is 18.6. The minimum atomic E-state index is -0.469. The van der Waals surface area contributed by atoms with Crippen LogP contribution in [0.2, 0.25) is 0 Å². The van der Waals surface area contributed by atoms with Crippen LogP contribution in [-0.2, 0) is 0 Å². The number of methoxy groups -OCH3 is 1. The second-order valence-electron chi connectivity index (χ2n) is 5.65. The molecule has 2 aromatic rings. The molecule has 1 N–H and O–H groups in total. The van der Waals surface area contributed by atoms with Crippen molar-refractivity contribution in [3.63, 3.8) is 0 Å². The van der Waals surface area contributed by atoms with Gasteiger partial charge in [0.2, 0.25) is 5.95 Å². The molecule has 1 aliphatic heterocycles. The number of halogens is 1. The Morgan fingerprint density at radius 2 is 2.17 bits per heavy atom. The van der Waals surface area contributed by atoms with E-state index >= 15 is 0 Å². The molecule has 1 saturated heterocycles. The van der Waals surface area contributed by atoms with Crippen LogP contribution in [0.3, 0.4) is 0 Å². The molecule has 1 aromatic carbocycles. The number of benzene rings is 1. The van der Waals surface area contributed by atoms with Crippen molar-refractivity contribution in [1.29, 1.82) is 0 Å². The van der Waals surface area contributed by atoms with E-state index in [1.54, 1.807) is 18.5 Å². The molecule has 0 bridgehead atoms. The highest BCUT2D eigenvalue weighted by Gasteiger charge is 2.24. The molecule has 1 aromatic heterocycles. The maximum atomic E-state index is 13.4. The number of amides is 1. The van der Waals surface area contributed by atoms with Crippen LogP contribution >= 0.6 is 0 Å². The molecule has 1 aliphatic rings. The average molecular weight is 330 g/mol. The molecular weight excluding hydrogens is 311 g/mol. The van der Waals surface area contributed by atoms with E-state index < -0.39 is 5.82 Å². The summed E-state index contributed by atoms with van der Waals surface area (Å²) in [5.41, 5.74) is 0.200. The van der Waals surface area contributed by atoms with Crippen molar-refractivity contribution in [3.8, 4) is 5.75 Å². The predicted molar refractivity (Wildman–Crippen MR) is 87.7 cm³/mol. The standard InChI is InChI=1S/C17H19FN4O2/c1-24-15-6-5-12(18)10-14(15)16(23)21-13-4-2-9-22(11-13)17-19-7-3-8-20-17/h3,5-8,10,13H,2,4,9,11H2,1H3,(H,21,23)/t13-/m0/s1. The average Bonchev–Trinajstić information content (AvgIpc) is 2.62. The summed E-state index contributed by atoms with van der Waals surface area (Å²) in [6, 6.07) is 5.63. The van der Waals surface area contributed by atoms with Crippen molar-refractivity contribution < 1.29 is 13.9 Å². The molecule has 0 spiro atoms. The lowest BCUT2D eigenvalue weighted by molar-refractivity contribution is 0.0929. The Kier molecular flexibility index (Phi) is 4.88. The first-order valence-corrected chi connectivity index (χ1v) is 7.84. The smallest absolute Gasteiger partial charge is 0.255 e. The van der Waals surface area contributed by atoms with Crippen molar-refractivity contribution in [1.82, 2.24) is 15.3 Å². The third-order valence-corrected chi connectivity index (χ3v) is 4.00. The molecule has 6 nitrogen and oxygen atoms in total. The largest absolute Gasteiger partial charge is 0.496 e. The Morgan fingerprint density at radius 1 is 1.38 bits per heavy atom. The molecule has 0 aliphatic carbocycles. The van der Waals surface area contributed by atoms with E-state index in [2.05, 4.69) is 15.3 Å². The van der Waals surface area contributed by atoms with Gasteiger partial charge in [0.15, 0.2) is 0 Å². The lowest BCUT2D eigenvalue weighted by atomic mass is 10.1. The minimum Gasteiger partial charge on any atom is -0.496 e. The second kappa shape index (κ2) is 7.25. The second-order valence-corrected chi connectivity index (χ2v) is 5.65. The van der Waals surface area contributed by atoms with Gasteiger partial charge in [-0.3, -0.25) is 4.79 Å². The van der Waals surface area contributed by atoms with E-state index in [0.29, 0.717) is 18.2 Å². The third kappa shape index (κ3) is 3.61. The number of carbonyl (C=O) groups excluding carboxylic acids is 1. The molecule has 0 radical (unpaired) electrons. The fourth-order valence-corrected chi connectivity index (χ4v) is 2.85. The fraction of sp³-hybridized carbons (Fsp3) is 0.353. The van der Waals surface area contributed by atoms with Gasteiger partial charge in [0.05, 0.1) is 12.7 Å². The Hall–Kier alpha value is -2.70. The summed E-state index contributed by atoms with van der Waals surface area (Å²) in [7, 11) is 1.46. The lowest BCUT2D eigenvalue weighted by Crippen LogP contribution is -2.48. The van der Waals surface area contributed by atoms with Gasteiger partial charge < -0.3 is 15.0 Å². The van der Waals surface area contributed by atoms with Gasteiger partial charge in [0.1, 0.15) is 11.6 Å². The molecule has 126 valence electrons. The van der Waals surface area contributed by atoms with Gasteiger partial charge in [-0.2, -0.15) is 0 Å². The molecule has 0 saturated carbocycles. The number of aromatic nitrogens is 2. The van der Waals surface area contributed by atoms with E-state index in [0.717, 1.165) is 19.4 Å². The predicted octanol–water partition coefficient (Wildman–Crippen LogP) is 2.02. The highest BCUT2D eigenvalue weighted by atomic mass is 19.1. The van der Waals surface area contributed by atoms with Crippen LogP contribution in [0.1, 0.15) is 23.2 Å². The Morgan fingerprint density at radius 3 is 2.92 bits per heavy atom. The normalized spacial score (nSPS) is 17.4. The summed E-state index contributed by atoms with van der Waals surface area (Å²) in [4.78, 5) is 23.0. The number of piperidine rings is 1. The monoisotopic (exact) mass is 330 g/mol. The number of anilines is 1. The first-order valence-electron chi connectivity index (χ1n) is 7.84. The molecule has 0 unspecified atom stereocenters. The molecule has 1 amide bonds. The van der Waals surface area contributed by atoms with Gasteiger partial charge in [-0.25, -0.2) is 14.4 Å². The van der Waals surface area contributed by atoms with Gasteiger partial charge in [-0.05, 0) is 37.1 Å². The zero-order valence-corrected chi connectivity index (χ0v) is 13.4. The van der Waals surface area contributed by atoms with Crippen molar-refractivity contribution >= 4 is 11.9 Å². The molecular formula is C17H19FN4O2. The van der Waals surface area contributed by atoms with E-state index in [1.165, 1.54) is 25.3 Å². The van der Waals surface area contributed by atoms with Crippen LogP contribution < -0.4 is 15.0 Å². The zero-order valence-electron chi connectivity index (χ0n) is 13.4. The van der Waals surface area contributed by atoms with Crippen LogP contribution in [0.4, 0.5) is 10.3 Å². The maximum Gasteiger partial charge on any atom is 0.255 e. The molecule has 7 heteroatoms. The Bertz CT molecular complexity index is 711. The van der Waals surface area contributed by atoms with Crippen molar-refractivity contribution in [2.45, 2.75) is 18.9 Å². The van der Waals surface area contributed by atoms with Crippen LogP contribution in [-0.4, -0.2) is 42.1 Å². The molecule has 1 atom stereocenters. The number of ether oxygens (including phenoxy) is 1. The zero-order chi connectivity index (χ0) is 16.9. The van der Waals surface area contributed by atoms with Crippen LogP contribution in [0.15, 0.2) is 36.7 Å². The highest BCUT2D eigenvalue weighted by Crippen LogP contribution is 2.21. The van der Waals surface area contributed by atoms with Gasteiger partial charge in [-0.1, -0.05) is 0 Å². The topological polar surface area (TPSA) is 67.3 Å². The van der Waals surface area contributed by atoms with E-state index in [-0.39, 0.29) is 17.5 Å². The van der Waals surface area contributed by atoms with Crippen LogP contribution in [0, 0.1) is 5.82 Å². The molecule has 24 heavy (non-hydrogen) atoms. The fourth-order valence-electron chi connectivity index (χ4n) is 2.85. The van der Waals surface area contributed by atoms with Crippen molar-refractivity contribution in [3.05, 3.63) is 48.0 Å². The van der Waals surface area contributed by atoms with Gasteiger partial charge in [0, 0.05) is 31.5 Å². The number of rotatable bonds is 4. The third-order valence-electron chi connectivity index (χ3n) is 4.00. The Balaban J connectivity index is 1.69. The van der Waals surface area contributed by atoms with Crippen LogP contribution in [0.5, 0.6) is 5.75 Å². The Labute approximate surface area is 139 Å². The molecule has 3 rings (SSSR count). The number of nitrogens with zero attached hydrogens (tertiary/aromatic N) is 3. The van der Waals surface area contributed by atoms with Crippen LogP contribution in [0.25, 0.3) is 0 Å². The van der Waals surface area contributed by atoms with E-state index in [4.69, 9.17) is 4.74 Å². The molecule has 2 heterocycles. The summed E-state index contributed by atoms with van der Waals surface area (Å²) in [5, 5.41) is 2.95. The first-order chi connectivity index (χ1) is 11.7. The SMILES string of the molecule is COc1ccc(F)cc1C(=O)N[C@H]1CCCN(c2ncccn2)C1. The van der Waals surface area contributed by atoms with E-state index in [9.17, 15) is 9.18 Å². The summed E-state index contributed by atoms with van der Waals surface area (Å²) >= 11 is 0. The number of carbonyl (C=O) groups is 1. The first kappa shape index (κ1) is 16.2. The lowest BCUT2D eigenvalue weighted by Gasteiger charge is -2.33. The summed E-state index contributed by atoms with van der Waals surface area (Å²) in [6.45, 7) is 1.47. The van der Waals surface area contributed by atoms with Gasteiger partial charge >= 0.3 is 0 Å². The quantitative estimate of drug-likeness (QED) is 0.929. The minimum absolute atomic E-state index is 0.0528. The summed E-state index contributed by atoms with van der Waals surface area (Å²) in [6.07, 6.45) is 5.17. The van der Waals surface area contributed by atoms with Crippen molar-refractivity contribution in [2.75, 3.05) is 25.1 Å².